The van der Waals surface area contributed by atoms with E-state index in [2.05, 4.69) is 0 Å². The molecule has 1 aromatic rings. The van der Waals surface area contributed by atoms with Crippen molar-refractivity contribution >= 4 is 11.7 Å². The van der Waals surface area contributed by atoms with Crippen LogP contribution in [0.4, 0.5) is 10.5 Å². The van der Waals surface area contributed by atoms with Crippen molar-refractivity contribution in [2.24, 2.45) is 11.5 Å². The van der Waals surface area contributed by atoms with Gasteiger partial charge in [0, 0.05) is 18.8 Å². The molecule has 1 aromatic carbocycles. The molecule has 0 bridgehead atoms. The van der Waals surface area contributed by atoms with E-state index in [1.54, 1.807) is 7.05 Å². The van der Waals surface area contributed by atoms with E-state index in [0.29, 0.717) is 0 Å². The molecule has 4 N–H and O–H groups in total. The molecule has 76 valence electrons. The molecule has 14 heavy (non-hydrogen) atoms. The fourth-order valence-electron chi connectivity index (χ4n) is 1.30. The van der Waals surface area contributed by atoms with E-state index < -0.39 is 6.03 Å². The number of para-hydroxylation sites is 1. The molecule has 0 aliphatic carbocycles. The van der Waals surface area contributed by atoms with Crippen LogP contribution in [0.25, 0.3) is 0 Å². The minimum atomic E-state index is -0.488. The lowest BCUT2D eigenvalue weighted by molar-refractivity contribution is 0.255. The normalized spacial score (nSPS) is 12.2. The van der Waals surface area contributed by atoms with E-state index >= 15 is 0 Å². The first-order valence-electron chi connectivity index (χ1n) is 4.41. The second kappa shape index (κ2) is 4.11. The summed E-state index contributed by atoms with van der Waals surface area (Å²) >= 11 is 0. The number of hydrogen-bond acceptors (Lipinski definition) is 2. The lowest BCUT2D eigenvalue weighted by Crippen LogP contribution is -2.33. The number of rotatable bonds is 2. The maximum Gasteiger partial charge on any atom is 0.319 e. The van der Waals surface area contributed by atoms with Crippen LogP contribution in [-0.2, 0) is 0 Å². The number of amides is 2. The summed E-state index contributed by atoms with van der Waals surface area (Å²) in [6, 6.07) is 6.84. The van der Waals surface area contributed by atoms with E-state index in [9.17, 15) is 4.79 Å². The maximum atomic E-state index is 11.0. The van der Waals surface area contributed by atoms with Gasteiger partial charge < -0.3 is 11.5 Å². The van der Waals surface area contributed by atoms with Crippen LogP contribution in [-0.4, -0.2) is 13.1 Å². The predicted molar refractivity (Wildman–Crippen MR) is 57.0 cm³/mol. The van der Waals surface area contributed by atoms with E-state index in [4.69, 9.17) is 11.5 Å². The minimum absolute atomic E-state index is 0.118. The van der Waals surface area contributed by atoms with Crippen LogP contribution in [0, 0.1) is 0 Å². The third kappa shape index (κ3) is 2.03. The van der Waals surface area contributed by atoms with Crippen LogP contribution in [0.15, 0.2) is 24.3 Å². The third-order valence-electron chi connectivity index (χ3n) is 2.12. The van der Waals surface area contributed by atoms with Gasteiger partial charge in [0.25, 0.3) is 0 Å². The fraction of sp³-hybridized carbons (Fsp3) is 0.300. The number of carbonyl (C=O) groups is 1. The molecule has 0 aliphatic rings. The maximum absolute atomic E-state index is 11.0. The highest BCUT2D eigenvalue weighted by Gasteiger charge is 2.12. The van der Waals surface area contributed by atoms with Gasteiger partial charge in [-0.15, -0.1) is 0 Å². The quantitative estimate of drug-likeness (QED) is 0.741. The predicted octanol–water partition coefficient (Wildman–Crippen LogP) is 1.22. The average molecular weight is 193 g/mol. The third-order valence-corrected chi connectivity index (χ3v) is 2.12. The second-order valence-corrected chi connectivity index (χ2v) is 3.24. The Bertz CT molecular complexity index is 336. The SMILES string of the molecule is CC(N)c1ccccc1N(C)C(N)=O. The smallest absolute Gasteiger partial charge is 0.319 e. The molecule has 4 nitrogen and oxygen atoms in total. The van der Waals surface area contributed by atoms with Crippen molar-refractivity contribution in [3.63, 3.8) is 0 Å². The Kier molecular flexibility index (Phi) is 3.09. The van der Waals surface area contributed by atoms with Gasteiger partial charge in [-0.25, -0.2) is 4.79 Å². The lowest BCUT2D eigenvalue weighted by atomic mass is 10.1. The summed E-state index contributed by atoms with van der Waals surface area (Å²) in [5.74, 6) is 0. The van der Waals surface area contributed by atoms with Crippen molar-refractivity contribution in [3.8, 4) is 0 Å². The Balaban J connectivity index is 3.13. The zero-order valence-corrected chi connectivity index (χ0v) is 8.40. The van der Waals surface area contributed by atoms with Crippen molar-refractivity contribution in [3.05, 3.63) is 29.8 Å². The molecule has 0 fully saturated rings. The number of urea groups is 1. The molecule has 4 heteroatoms. The van der Waals surface area contributed by atoms with Crippen LogP contribution in [0.3, 0.4) is 0 Å². The molecule has 1 rings (SSSR count). The largest absolute Gasteiger partial charge is 0.351 e. The Morgan fingerprint density at radius 2 is 2.00 bits per heavy atom. The van der Waals surface area contributed by atoms with E-state index in [1.807, 2.05) is 31.2 Å². The summed E-state index contributed by atoms with van der Waals surface area (Å²) in [5.41, 5.74) is 12.6. The van der Waals surface area contributed by atoms with Crippen LogP contribution in [0.1, 0.15) is 18.5 Å². The zero-order valence-electron chi connectivity index (χ0n) is 8.40. The summed E-state index contributed by atoms with van der Waals surface area (Å²) in [6.45, 7) is 1.87. The summed E-state index contributed by atoms with van der Waals surface area (Å²) < 4.78 is 0. The van der Waals surface area contributed by atoms with Crippen molar-refractivity contribution in [1.82, 2.24) is 0 Å². The standard InChI is InChI=1S/C10H15N3O/c1-7(11)8-5-3-4-6-9(8)13(2)10(12)14/h3-7H,11H2,1-2H3,(H2,12,14). The van der Waals surface area contributed by atoms with Crippen LogP contribution in [0.5, 0.6) is 0 Å². The van der Waals surface area contributed by atoms with Gasteiger partial charge in [-0.3, -0.25) is 4.90 Å². The highest BCUT2D eigenvalue weighted by molar-refractivity contribution is 5.91. The lowest BCUT2D eigenvalue weighted by Gasteiger charge is -2.20. The van der Waals surface area contributed by atoms with Crippen molar-refractivity contribution in [2.75, 3.05) is 11.9 Å². The number of anilines is 1. The molecule has 0 heterocycles. The number of nitrogens with zero attached hydrogens (tertiary/aromatic N) is 1. The first-order valence-corrected chi connectivity index (χ1v) is 4.41. The van der Waals surface area contributed by atoms with Gasteiger partial charge in [0.1, 0.15) is 0 Å². The van der Waals surface area contributed by atoms with Crippen LogP contribution < -0.4 is 16.4 Å². The van der Waals surface area contributed by atoms with Gasteiger partial charge in [-0.1, -0.05) is 18.2 Å². The van der Waals surface area contributed by atoms with Gasteiger partial charge in [-0.05, 0) is 18.6 Å². The van der Waals surface area contributed by atoms with E-state index in [-0.39, 0.29) is 6.04 Å². The molecular weight excluding hydrogens is 178 g/mol. The van der Waals surface area contributed by atoms with Crippen LogP contribution in [0.2, 0.25) is 0 Å². The summed E-state index contributed by atoms with van der Waals surface area (Å²) in [4.78, 5) is 12.4. The molecule has 0 saturated heterocycles. The highest BCUT2D eigenvalue weighted by Crippen LogP contribution is 2.23. The Morgan fingerprint density at radius 1 is 1.43 bits per heavy atom. The molecule has 2 amide bonds. The molecule has 0 aromatic heterocycles. The Hall–Kier alpha value is -1.55. The molecule has 1 unspecified atom stereocenters. The van der Waals surface area contributed by atoms with Gasteiger partial charge in [-0.2, -0.15) is 0 Å². The number of benzene rings is 1. The number of hydrogen-bond donors (Lipinski definition) is 2. The van der Waals surface area contributed by atoms with E-state index in [0.717, 1.165) is 11.3 Å². The molecule has 1 atom stereocenters. The van der Waals surface area contributed by atoms with Gasteiger partial charge in [0.05, 0.1) is 0 Å². The molecule has 0 spiro atoms. The average Bonchev–Trinajstić information content (AvgIpc) is 2.16. The summed E-state index contributed by atoms with van der Waals surface area (Å²) in [5, 5.41) is 0. The molecule has 0 saturated carbocycles. The Labute approximate surface area is 83.5 Å². The monoisotopic (exact) mass is 193 g/mol. The fourth-order valence-corrected chi connectivity index (χ4v) is 1.30. The molecule has 0 aliphatic heterocycles. The number of primary amides is 1. The first kappa shape index (κ1) is 10.5. The topological polar surface area (TPSA) is 72.3 Å². The van der Waals surface area contributed by atoms with Gasteiger partial charge in [0.2, 0.25) is 0 Å². The van der Waals surface area contributed by atoms with Crippen molar-refractivity contribution in [1.29, 1.82) is 0 Å². The Morgan fingerprint density at radius 3 is 2.50 bits per heavy atom. The van der Waals surface area contributed by atoms with Gasteiger partial charge in [0.15, 0.2) is 0 Å². The number of carbonyl (C=O) groups excluding carboxylic acids is 1. The number of nitrogens with two attached hydrogens (primary N) is 2. The van der Waals surface area contributed by atoms with Crippen LogP contribution >= 0.6 is 0 Å². The second-order valence-electron chi connectivity index (χ2n) is 3.24. The molecule has 0 radical (unpaired) electrons. The summed E-state index contributed by atoms with van der Waals surface area (Å²) in [6.07, 6.45) is 0. The van der Waals surface area contributed by atoms with Crippen molar-refractivity contribution in [2.45, 2.75) is 13.0 Å². The minimum Gasteiger partial charge on any atom is -0.351 e. The first-order chi connectivity index (χ1) is 6.54. The zero-order chi connectivity index (χ0) is 10.7. The van der Waals surface area contributed by atoms with Gasteiger partial charge >= 0.3 is 6.03 Å². The molecular formula is C10H15N3O. The highest BCUT2D eigenvalue weighted by atomic mass is 16.2. The van der Waals surface area contributed by atoms with Crippen molar-refractivity contribution < 1.29 is 4.79 Å². The van der Waals surface area contributed by atoms with E-state index in [1.165, 1.54) is 4.90 Å². The summed E-state index contributed by atoms with van der Waals surface area (Å²) in [7, 11) is 1.63.